The summed E-state index contributed by atoms with van der Waals surface area (Å²) in [6.45, 7) is 5.48. The minimum atomic E-state index is -0.765. The maximum atomic E-state index is 14.2. The van der Waals surface area contributed by atoms with Crippen LogP contribution in [0.2, 0.25) is 0 Å². The number of nitrogens with zero attached hydrogens (tertiary/aromatic N) is 5. The summed E-state index contributed by atoms with van der Waals surface area (Å²) >= 11 is 0. The van der Waals surface area contributed by atoms with Gasteiger partial charge in [-0.1, -0.05) is 60.7 Å². The number of carbonyl (C=O) groups is 3. The van der Waals surface area contributed by atoms with Crippen molar-refractivity contribution in [2.45, 2.75) is 31.7 Å². The summed E-state index contributed by atoms with van der Waals surface area (Å²) in [6.07, 6.45) is 1.05. The normalized spacial score (nSPS) is 19.0. The zero-order chi connectivity index (χ0) is 31.2. The lowest BCUT2D eigenvalue weighted by Gasteiger charge is -2.55. The number of ether oxygens (including phenoxy) is 1. The number of benzene rings is 3. The van der Waals surface area contributed by atoms with E-state index < -0.39 is 18.3 Å². The summed E-state index contributed by atoms with van der Waals surface area (Å²) in [4.78, 5) is 45.0. The van der Waals surface area contributed by atoms with Crippen molar-refractivity contribution in [1.82, 2.24) is 25.4 Å². The van der Waals surface area contributed by atoms with Crippen LogP contribution < -0.4 is 10.3 Å². The Bertz CT molecular complexity index is 1480. The van der Waals surface area contributed by atoms with Crippen molar-refractivity contribution < 1.29 is 24.2 Å². The number of carbonyl (C=O) groups excluding carboxylic acids is 3. The van der Waals surface area contributed by atoms with E-state index >= 15 is 0 Å². The van der Waals surface area contributed by atoms with E-state index in [9.17, 15) is 19.5 Å². The Morgan fingerprint density at radius 2 is 1.77 bits per heavy atom. The number of aromatic hydroxyl groups is 1. The molecule has 5 rings (SSSR count). The van der Waals surface area contributed by atoms with E-state index in [0.29, 0.717) is 18.8 Å². The molecule has 44 heavy (non-hydrogen) atoms. The first kappa shape index (κ1) is 30.7. The summed E-state index contributed by atoms with van der Waals surface area (Å²) in [7, 11) is 2.95. The summed E-state index contributed by atoms with van der Waals surface area (Å²) in [5.41, 5.74) is 6.88. The van der Waals surface area contributed by atoms with Crippen molar-refractivity contribution in [3.8, 4) is 5.75 Å². The van der Waals surface area contributed by atoms with Crippen molar-refractivity contribution in [3.63, 3.8) is 0 Å². The summed E-state index contributed by atoms with van der Waals surface area (Å²) in [5.74, 6) is -0.187. The quantitative estimate of drug-likeness (QED) is 0.343. The largest absolute Gasteiger partial charge is 0.508 e. The van der Waals surface area contributed by atoms with E-state index in [1.54, 1.807) is 53.3 Å². The fourth-order valence-corrected chi connectivity index (χ4v) is 5.73. The molecule has 0 spiro atoms. The van der Waals surface area contributed by atoms with Gasteiger partial charge in [-0.05, 0) is 41.0 Å². The molecule has 2 saturated heterocycles. The Balaban J connectivity index is 1.48. The maximum Gasteiger partial charge on any atom is 0.413 e. The monoisotopic (exact) mass is 598 g/mol. The van der Waals surface area contributed by atoms with Crippen molar-refractivity contribution in [3.05, 3.63) is 108 Å². The lowest BCUT2D eigenvalue weighted by Crippen LogP contribution is -2.77. The number of rotatable bonds is 10. The Hall–Kier alpha value is -4.71. The zero-order valence-electron chi connectivity index (χ0n) is 25.0. The van der Waals surface area contributed by atoms with Crippen LogP contribution in [0.1, 0.15) is 16.7 Å². The van der Waals surface area contributed by atoms with Crippen LogP contribution in [0.25, 0.3) is 0 Å². The molecule has 0 unspecified atom stereocenters. The molecular weight excluding hydrogens is 560 g/mol. The van der Waals surface area contributed by atoms with Crippen molar-refractivity contribution in [1.29, 1.82) is 0 Å². The zero-order valence-corrected chi connectivity index (χ0v) is 25.0. The van der Waals surface area contributed by atoms with Crippen LogP contribution in [0.5, 0.6) is 5.75 Å². The molecule has 0 aliphatic carbocycles. The second kappa shape index (κ2) is 13.7. The number of piperazine rings is 1. The van der Waals surface area contributed by atoms with Gasteiger partial charge in [-0.15, -0.1) is 6.58 Å². The van der Waals surface area contributed by atoms with Gasteiger partial charge in [-0.25, -0.2) is 15.2 Å². The van der Waals surface area contributed by atoms with Crippen LogP contribution in [-0.4, -0.2) is 88.9 Å². The van der Waals surface area contributed by atoms with Crippen LogP contribution in [0.3, 0.4) is 0 Å². The molecule has 2 atom stereocenters. The second-order valence-corrected chi connectivity index (χ2v) is 10.9. The number of hydrazine groups is 2. The number of hydrogen-bond donors (Lipinski definition) is 2. The third-order valence-corrected chi connectivity index (χ3v) is 7.94. The summed E-state index contributed by atoms with van der Waals surface area (Å²) < 4.78 is 4.86. The van der Waals surface area contributed by atoms with Crippen LogP contribution in [0.15, 0.2) is 91.5 Å². The van der Waals surface area contributed by atoms with Crippen LogP contribution in [0, 0.1) is 0 Å². The summed E-state index contributed by atoms with van der Waals surface area (Å²) in [5, 5.41) is 13.7. The summed E-state index contributed by atoms with van der Waals surface area (Å²) in [6, 6.07) is 23.3. The van der Waals surface area contributed by atoms with Gasteiger partial charge in [-0.2, -0.15) is 5.12 Å². The van der Waals surface area contributed by atoms with E-state index in [2.05, 4.69) is 12.0 Å². The Kier molecular flexibility index (Phi) is 9.59. The maximum absolute atomic E-state index is 14.2. The van der Waals surface area contributed by atoms with E-state index in [1.165, 1.54) is 12.0 Å². The average molecular weight is 599 g/mol. The fourth-order valence-electron chi connectivity index (χ4n) is 5.73. The van der Waals surface area contributed by atoms with Gasteiger partial charge in [0.1, 0.15) is 18.0 Å². The lowest BCUT2D eigenvalue weighted by atomic mass is 9.98. The highest BCUT2D eigenvalue weighted by atomic mass is 16.5. The van der Waals surface area contributed by atoms with Gasteiger partial charge in [0.05, 0.1) is 20.2 Å². The highest BCUT2D eigenvalue weighted by molar-refractivity contribution is 5.91. The molecular formula is C33H38N6O5. The molecule has 11 nitrogen and oxygen atoms in total. The third kappa shape index (κ3) is 6.75. The molecule has 0 radical (unpaired) electrons. The van der Waals surface area contributed by atoms with Crippen LogP contribution in [-0.2, 0) is 33.8 Å². The lowest BCUT2D eigenvalue weighted by molar-refractivity contribution is -0.217. The van der Waals surface area contributed by atoms with Crippen LogP contribution in [0.4, 0.5) is 10.5 Å². The number of anilines is 1. The molecule has 3 aromatic rings. The fraction of sp³-hybridized carbons (Fsp3) is 0.303. The molecule has 2 heterocycles. The Morgan fingerprint density at radius 3 is 2.48 bits per heavy atom. The number of nitrogens with one attached hydrogen (secondary N) is 1. The molecule has 2 fully saturated rings. The van der Waals surface area contributed by atoms with Gasteiger partial charge < -0.3 is 19.6 Å². The number of methoxy groups -OCH3 is 1. The third-order valence-electron chi connectivity index (χ3n) is 7.94. The van der Waals surface area contributed by atoms with E-state index in [0.717, 1.165) is 16.7 Å². The first-order chi connectivity index (χ1) is 21.3. The van der Waals surface area contributed by atoms with Gasteiger partial charge >= 0.3 is 6.09 Å². The first-order valence-electron chi connectivity index (χ1n) is 14.5. The minimum absolute atomic E-state index is 0.0889. The second-order valence-electron chi connectivity index (χ2n) is 10.9. The molecule has 0 saturated carbocycles. The Morgan fingerprint density at radius 1 is 1.05 bits per heavy atom. The number of hydrogen-bond acceptors (Lipinski definition) is 8. The van der Waals surface area contributed by atoms with E-state index in [1.807, 2.05) is 58.7 Å². The highest BCUT2D eigenvalue weighted by Crippen LogP contribution is 2.29. The first-order valence-corrected chi connectivity index (χ1v) is 14.5. The predicted octanol–water partition coefficient (Wildman–Crippen LogP) is 3.13. The van der Waals surface area contributed by atoms with Gasteiger partial charge in [-0.3, -0.25) is 14.5 Å². The van der Waals surface area contributed by atoms with E-state index in [4.69, 9.17) is 4.74 Å². The number of amides is 3. The predicted molar refractivity (Wildman–Crippen MR) is 166 cm³/mol. The molecule has 0 aromatic heterocycles. The number of phenols is 1. The SMILES string of the molecule is C=CCN1CC(=O)N2[C@@H](Cc3ccc(O)cc3)C(=O)N(Cc3cccc(N(C)C(=O)OC)c3)C[C@@H]2N1NCc1ccccc1. The molecule has 11 heteroatoms. The van der Waals surface area contributed by atoms with Crippen molar-refractivity contribution in [2.75, 3.05) is 38.7 Å². The van der Waals surface area contributed by atoms with Crippen LogP contribution >= 0.6 is 0 Å². The van der Waals surface area contributed by atoms with Gasteiger partial charge in [0.15, 0.2) is 0 Å². The van der Waals surface area contributed by atoms with Gasteiger partial charge in [0.2, 0.25) is 11.8 Å². The molecule has 3 amide bonds. The topological polar surface area (TPSA) is 109 Å². The minimum Gasteiger partial charge on any atom is -0.508 e. The number of phenolic OH excluding ortho intramolecular Hbond substituents is 1. The molecule has 2 aliphatic rings. The Labute approximate surface area is 257 Å². The highest BCUT2D eigenvalue weighted by Gasteiger charge is 2.49. The van der Waals surface area contributed by atoms with Crippen molar-refractivity contribution >= 4 is 23.6 Å². The number of fused-ring (bicyclic) bond motifs is 1. The van der Waals surface area contributed by atoms with Crippen molar-refractivity contribution in [2.24, 2.45) is 0 Å². The standard InChI is InChI=1S/C33H38N6O5/c1-4-17-37-23-31(41)38-29(19-24-13-15-28(40)16-14-24)32(42)36(21-26-11-8-12-27(18-26)35(2)33(43)44-3)22-30(38)39(37)34-20-25-9-6-5-7-10-25/h4-16,18,29-30,34,40H,1,17,19-23H2,2-3H3/t29-,30-/m0/s1. The van der Waals surface area contributed by atoms with Gasteiger partial charge in [0.25, 0.3) is 0 Å². The average Bonchev–Trinajstić information content (AvgIpc) is 3.03. The molecule has 230 valence electrons. The van der Waals surface area contributed by atoms with Gasteiger partial charge in [0, 0.05) is 38.8 Å². The smallest absolute Gasteiger partial charge is 0.413 e. The molecule has 2 N–H and O–H groups in total. The molecule has 0 bridgehead atoms. The van der Waals surface area contributed by atoms with E-state index in [-0.39, 0.29) is 43.6 Å². The molecule has 2 aliphatic heterocycles. The molecule has 3 aromatic carbocycles.